The van der Waals surface area contributed by atoms with Crippen LogP contribution in [0.15, 0.2) is 21.5 Å². The van der Waals surface area contributed by atoms with Gasteiger partial charge in [-0.2, -0.15) is 0 Å². The Morgan fingerprint density at radius 3 is 2.57 bits per heavy atom. The second-order valence-corrected chi connectivity index (χ2v) is 6.92. The number of benzene rings is 1. The van der Waals surface area contributed by atoms with E-state index in [4.69, 9.17) is 31.0 Å². The first-order valence-electron chi connectivity index (χ1n) is 6.07. The third-order valence-electron chi connectivity index (χ3n) is 2.39. The van der Waals surface area contributed by atoms with Gasteiger partial charge in [0.25, 0.3) is 0 Å². The molecular formula is C12H17BrClNO5S. The molecule has 2 N–H and O–H groups in total. The van der Waals surface area contributed by atoms with Gasteiger partial charge in [0, 0.05) is 24.6 Å². The van der Waals surface area contributed by atoms with Crippen molar-refractivity contribution in [3.8, 4) is 5.75 Å². The molecule has 0 atom stereocenters. The smallest absolute Gasteiger partial charge is 0.241 e. The van der Waals surface area contributed by atoms with Crippen molar-refractivity contribution in [1.29, 1.82) is 0 Å². The highest BCUT2D eigenvalue weighted by atomic mass is 79.9. The minimum Gasteiger partial charge on any atom is -0.491 e. The first kappa shape index (κ1) is 18.7. The van der Waals surface area contributed by atoms with Crippen molar-refractivity contribution in [1.82, 2.24) is 0 Å². The Labute approximate surface area is 137 Å². The number of halogens is 2. The molecule has 1 rings (SSSR count). The van der Waals surface area contributed by atoms with Gasteiger partial charge in [0.15, 0.2) is 5.75 Å². The summed E-state index contributed by atoms with van der Waals surface area (Å²) in [4.78, 5) is -0.151. The van der Waals surface area contributed by atoms with E-state index in [1.54, 1.807) is 13.2 Å². The SMILES string of the molecule is COCCOCCCOc1c(Cl)cc(Br)cc1S(N)(=O)=O. The first-order chi connectivity index (χ1) is 9.86. The molecule has 0 saturated heterocycles. The normalized spacial score (nSPS) is 11.6. The van der Waals surface area contributed by atoms with Gasteiger partial charge in [-0.05, 0) is 12.1 Å². The molecule has 1 aromatic carbocycles. The molecule has 0 aliphatic carbocycles. The molecule has 0 spiro atoms. The van der Waals surface area contributed by atoms with E-state index in [2.05, 4.69) is 15.9 Å². The van der Waals surface area contributed by atoms with E-state index in [-0.39, 0.29) is 22.3 Å². The Kier molecular flexibility index (Phi) is 7.93. The molecule has 0 heterocycles. The fourth-order valence-electron chi connectivity index (χ4n) is 1.47. The van der Waals surface area contributed by atoms with Gasteiger partial charge in [0.05, 0.1) is 24.8 Å². The van der Waals surface area contributed by atoms with Crippen LogP contribution in [-0.4, -0.2) is 42.0 Å². The molecule has 0 aliphatic rings. The quantitative estimate of drug-likeness (QED) is 0.640. The average Bonchev–Trinajstić information content (AvgIpc) is 2.38. The van der Waals surface area contributed by atoms with E-state index in [0.717, 1.165) is 0 Å². The maximum atomic E-state index is 11.5. The maximum absolute atomic E-state index is 11.5. The van der Waals surface area contributed by atoms with Crippen LogP contribution >= 0.6 is 27.5 Å². The number of hydrogen-bond donors (Lipinski definition) is 1. The topological polar surface area (TPSA) is 87.8 Å². The summed E-state index contributed by atoms with van der Waals surface area (Å²) in [5, 5.41) is 5.33. The largest absolute Gasteiger partial charge is 0.491 e. The maximum Gasteiger partial charge on any atom is 0.241 e. The van der Waals surface area contributed by atoms with Gasteiger partial charge < -0.3 is 14.2 Å². The van der Waals surface area contributed by atoms with Crippen molar-refractivity contribution < 1.29 is 22.6 Å². The third-order valence-corrected chi connectivity index (χ3v) is 4.05. The van der Waals surface area contributed by atoms with Crippen molar-refractivity contribution in [2.75, 3.05) is 33.5 Å². The van der Waals surface area contributed by atoms with Gasteiger partial charge in [-0.25, -0.2) is 13.6 Å². The molecule has 21 heavy (non-hydrogen) atoms. The Hall–Kier alpha value is -0.380. The van der Waals surface area contributed by atoms with Crippen molar-refractivity contribution in [3.05, 3.63) is 21.6 Å². The van der Waals surface area contributed by atoms with Crippen molar-refractivity contribution in [2.24, 2.45) is 5.14 Å². The summed E-state index contributed by atoms with van der Waals surface area (Å²) in [6.45, 7) is 1.76. The molecule has 0 amide bonds. The highest BCUT2D eigenvalue weighted by Gasteiger charge is 2.19. The molecular weight excluding hydrogens is 386 g/mol. The van der Waals surface area contributed by atoms with Gasteiger partial charge in [-0.3, -0.25) is 0 Å². The molecule has 6 nitrogen and oxygen atoms in total. The number of rotatable bonds is 9. The fourth-order valence-corrected chi connectivity index (χ4v) is 3.26. The zero-order valence-corrected chi connectivity index (χ0v) is 14.6. The van der Waals surface area contributed by atoms with Crippen molar-refractivity contribution in [2.45, 2.75) is 11.3 Å². The predicted octanol–water partition coefficient (Wildman–Crippen LogP) is 2.18. The second-order valence-electron chi connectivity index (χ2n) is 4.07. The number of methoxy groups -OCH3 is 1. The predicted molar refractivity (Wildman–Crippen MR) is 83.3 cm³/mol. The van der Waals surface area contributed by atoms with Crippen LogP contribution in [0.3, 0.4) is 0 Å². The van der Waals surface area contributed by atoms with Crippen LogP contribution in [-0.2, 0) is 19.5 Å². The Morgan fingerprint density at radius 1 is 1.24 bits per heavy atom. The lowest BCUT2D eigenvalue weighted by Gasteiger charge is -2.12. The summed E-state index contributed by atoms with van der Waals surface area (Å²) in [7, 11) is -2.33. The lowest BCUT2D eigenvalue weighted by atomic mass is 10.3. The van der Waals surface area contributed by atoms with E-state index in [9.17, 15) is 8.42 Å². The van der Waals surface area contributed by atoms with E-state index in [0.29, 0.717) is 30.7 Å². The summed E-state index contributed by atoms with van der Waals surface area (Å²) >= 11 is 9.16. The second kappa shape index (κ2) is 8.92. The molecule has 0 radical (unpaired) electrons. The number of hydrogen-bond acceptors (Lipinski definition) is 5. The highest BCUT2D eigenvalue weighted by molar-refractivity contribution is 9.10. The summed E-state index contributed by atoms with van der Waals surface area (Å²) < 4.78 is 39.1. The molecule has 9 heteroatoms. The van der Waals surface area contributed by atoms with E-state index in [1.165, 1.54) is 6.07 Å². The zero-order chi connectivity index (χ0) is 15.9. The Bertz CT molecular complexity index is 567. The molecule has 0 aromatic heterocycles. The average molecular weight is 403 g/mol. The van der Waals surface area contributed by atoms with E-state index >= 15 is 0 Å². The fraction of sp³-hybridized carbons (Fsp3) is 0.500. The minimum atomic E-state index is -3.92. The summed E-state index contributed by atoms with van der Waals surface area (Å²) in [6.07, 6.45) is 0.583. The molecule has 0 bridgehead atoms. The summed E-state index contributed by atoms with van der Waals surface area (Å²) in [5.41, 5.74) is 0. The number of nitrogens with two attached hydrogens (primary N) is 1. The molecule has 1 aromatic rings. The van der Waals surface area contributed by atoms with Crippen LogP contribution in [0.5, 0.6) is 5.75 Å². The molecule has 0 unspecified atom stereocenters. The summed E-state index contributed by atoms with van der Waals surface area (Å²) in [6, 6.07) is 2.90. The Balaban J connectivity index is 2.63. The van der Waals surface area contributed by atoms with Gasteiger partial charge in [-0.1, -0.05) is 27.5 Å². The number of ether oxygens (including phenoxy) is 3. The van der Waals surface area contributed by atoms with Crippen LogP contribution in [0.25, 0.3) is 0 Å². The van der Waals surface area contributed by atoms with Gasteiger partial charge in [-0.15, -0.1) is 0 Å². The zero-order valence-electron chi connectivity index (χ0n) is 11.5. The lowest BCUT2D eigenvalue weighted by molar-refractivity contribution is 0.0643. The van der Waals surface area contributed by atoms with E-state index < -0.39 is 10.0 Å². The van der Waals surface area contributed by atoms with Crippen LogP contribution < -0.4 is 9.88 Å². The van der Waals surface area contributed by atoms with Crippen LogP contribution in [0.1, 0.15) is 6.42 Å². The standard InChI is InChI=1S/C12H17BrClNO5S/c1-18-5-6-19-3-2-4-20-12-10(14)7-9(13)8-11(12)21(15,16)17/h7-8H,2-6H2,1H3,(H2,15,16,17). The van der Waals surface area contributed by atoms with Crippen molar-refractivity contribution >= 4 is 37.6 Å². The van der Waals surface area contributed by atoms with Gasteiger partial charge in [0.1, 0.15) is 4.90 Å². The molecule has 120 valence electrons. The van der Waals surface area contributed by atoms with Crippen LogP contribution in [0.4, 0.5) is 0 Å². The van der Waals surface area contributed by atoms with E-state index in [1.807, 2.05) is 0 Å². The van der Waals surface area contributed by atoms with Gasteiger partial charge >= 0.3 is 0 Å². The minimum absolute atomic E-state index is 0.0549. The monoisotopic (exact) mass is 401 g/mol. The van der Waals surface area contributed by atoms with Crippen LogP contribution in [0.2, 0.25) is 5.02 Å². The summed E-state index contributed by atoms with van der Waals surface area (Å²) in [5.74, 6) is 0.0549. The van der Waals surface area contributed by atoms with Gasteiger partial charge in [0.2, 0.25) is 10.0 Å². The van der Waals surface area contributed by atoms with Crippen molar-refractivity contribution in [3.63, 3.8) is 0 Å². The molecule has 0 fully saturated rings. The third kappa shape index (κ3) is 6.50. The molecule has 0 saturated carbocycles. The number of primary sulfonamides is 1. The number of sulfonamides is 1. The highest BCUT2D eigenvalue weighted by Crippen LogP contribution is 2.34. The van der Waals surface area contributed by atoms with Crippen LogP contribution in [0, 0.1) is 0 Å². The Morgan fingerprint density at radius 2 is 1.95 bits per heavy atom. The molecule has 0 aliphatic heterocycles. The lowest BCUT2D eigenvalue weighted by Crippen LogP contribution is -2.15. The first-order valence-corrected chi connectivity index (χ1v) is 8.79.